The number of carbonyl (C=O) groups excluding carboxylic acids is 2. The summed E-state index contributed by atoms with van der Waals surface area (Å²) in [6.07, 6.45) is -1.91. The van der Waals surface area contributed by atoms with Crippen LogP contribution in [0.3, 0.4) is 0 Å². The number of nitriles is 1. The van der Waals surface area contributed by atoms with Gasteiger partial charge in [-0.15, -0.1) is 0 Å². The summed E-state index contributed by atoms with van der Waals surface area (Å²) in [6, 6.07) is 7.04. The van der Waals surface area contributed by atoms with Gasteiger partial charge in [0.2, 0.25) is 11.8 Å². The van der Waals surface area contributed by atoms with Crippen molar-refractivity contribution >= 4 is 28.3 Å². The number of ether oxygens (including phenoxy) is 2. The molecule has 0 bridgehead atoms. The van der Waals surface area contributed by atoms with E-state index in [-0.39, 0.29) is 40.8 Å². The number of fused-ring (bicyclic) bond motifs is 1. The average molecular weight is 596 g/mol. The van der Waals surface area contributed by atoms with E-state index < -0.39 is 29.6 Å². The van der Waals surface area contributed by atoms with E-state index in [1.54, 1.807) is 19.1 Å². The zero-order chi connectivity index (χ0) is 30.2. The maximum absolute atomic E-state index is 13.4. The van der Waals surface area contributed by atoms with Crippen molar-refractivity contribution in [2.75, 3.05) is 19.5 Å². The molecular formula is C27H20F3N7O4S. The molecule has 2 amide bonds. The SMILES string of the molecule is COc1nc(C(F)(F)F)ccc1C(=O)N1Cc2nc(NC(=O)c3cnc(C)cc3-c3cc(C#N)cnc3OC)sc2C1. The standard InChI is InChI=1S/C27H20F3N7O4S/c1-13-6-16(17-7-14(8-31)9-33-23(17)40-2)18(10-32-13)22(38)36-26-34-19-11-37(12-20(19)42-26)25(39)15-4-5-21(27(28,29)30)35-24(15)41-3/h4-7,9-10H,11-12H2,1-3H3,(H,34,36,38). The van der Waals surface area contributed by atoms with Crippen molar-refractivity contribution in [3.63, 3.8) is 0 Å². The number of aryl methyl sites for hydroxylation is 1. The minimum absolute atomic E-state index is 0.0753. The molecule has 11 nitrogen and oxygen atoms in total. The fraction of sp³-hybridized carbons (Fsp3) is 0.222. The van der Waals surface area contributed by atoms with E-state index in [0.29, 0.717) is 27.4 Å². The lowest BCUT2D eigenvalue weighted by atomic mass is 10.00. The number of nitrogens with one attached hydrogen (secondary N) is 1. The number of rotatable bonds is 6. The van der Waals surface area contributed by atoms with Crippen molar-refractivity contribution in [3.05, 3.63) is 75.3 Å². The number of hydrogen-bond donors (Lipinski definition) is 1. The van der Waals surface area contributed by atoms with Crippen LogP contribution in [0, 0.1) is 18.3 Å². The molecule has 42 heavy (non-hydrogen) atoms. The van der Waals surface area contributed by atoms with Gasteiger partial charge in [0.05, 0.1) is 49.0 Å². The van der Waals surface area contributed by atoms with E-state index in [9.17, 15) is 28.0 Å². The molecule has 1 aliphatic heterocycles. The van der Waals surface area contributed by atoms with E-state index in [2.05, 4.69) is 25.3 Å². The van der Waals surface area contributed by atoms with Crippen LogP contribution in [0.4, 0.5) is 18.3 Å². The van der Waals surface area contributed by atoms with Gasteiger partial charge in [-0.3, -0.25) is 19.9 Å². The second-order valence-electron chi connectivity index (χ2n) is 9.02. The number of carbonyl (C=O) groups is 2. The molecule has 0 saturated heterocycles. The van der Waals surface area contributed by atoms with E-state index in [0.717, 1.165) is 30.6 Å². The second kappa shape index (κ2) is 11.1. The number of thiazole rings is 1. The predicted molar refractivity (Wildman–Crippen MR) is 143 cm³/mol. The molecule has 0 fully saturated rings. The normalized spacial score (nSPS) is 12.5. The van der Waals surface area contributed by atoms with Gasteiger partial charge in [0.25, 0.3) is 11.8 Å². The lowest BCUT2D eigenvalue weighted by Crippen LogP contribution is -2.26. The van der Waals surface area contributed by atoms with E-state index >= 15 is 0 Å². The predicted octanol–water partition coefficient (Wildman–Crippen LogP) is 4.62. The molecule has 0 aromatic carbocycles. The summed E-state index contributed by atoms with van der Waals surface area (Å²) in [5, 5.41) is 12.4. The number of amides is 2. The van der Waals surface area contributed by atoms with E-state index in [4.69, 9.17) is 9.47 Å². The van der Waals surface area contributed by atoms with Crippen molar-refractivity contribution in [1.82, 2.24) is 24.8 Å². The van der Waals surface area contributed by atoms with Gasteiger partial charge in [0.15, 0.2) is 5.13 Å². The molecule has 0 radical (unpaired) electrons. The molecule has 5 rings (SSSR count). The number of methoxy groups -OCH3 is 2. The molecule has 0 spiro atoms. The number of nitrogens with zero attached hydrogens (tertiary/aromatic N) is 6. The zero-order valence-electron chi connectivity index (χ0n) is 22.2. The Labute approximate surface area is 240 Å². The molecule has 1 aliphatic rings. The van der Waals surface area contributed by atoms with Gasteiger partial charge < -0.3 is 14.4 Å². The van der Waals surface area contributed by atoms with Gasteiger partial charge >= 0.3 is 6.18 Å². The van der Waals surface area contributed by atoms with Gasteiger partial charge in [-0.1, -0.05) is 11.3 Å². The third-order valence-corrected chi connectivity index (χ3v) is 7.28. The third-order valence-electron chi connectivity index (χ3n) is 6.28. The third kappa shape index (κ3) is 5.44. The molecule has 4 aromatic rings. The van der Waals surface area contributed by atoms with Crippen molar-refractivity contribution < 1.29 is 32.2 Å². The van der Waals surface area contributed by atoms with Crippen LogP contribution in [0.15, 0.2) is 36.7 Å². The van der Waals surface area contributed by atoms with Crippen molar-refractivity contribution in [3.8, 4) is 29.0 Å². The summed E-state index contributed by atoms with van der Waals surface area (Å²) in [5.41, 5.74) is 1.27. The Balaban J connectivity index is 1.35. The van der Waals surface area contributed by atoms with E-state index in [1.165, 1.54) is 24.4 Å². The van der Waals surface area contributed by atoms with Crippen LogP contribution in [-0.4, -0.2) is 50.9 Å². The minimum Gasteiger partial charge on any atom is -0.481 e. The number of halogens is 3. The largest absolute Gasteiger partial charge is 0.481 e. The average Bonchev–Trinajstić information content (AvgIpc) is 3.54. The summed E-state index contributed by atoms with van der Waals surface area (Å²) < 4.78 is 49.4. The number of anilines is 1. The van der Waals surface area contributed by atoms with Gasteiger partial charge in [0.1, 0.15) is 17.3 Å². The summed E-state index contributed by atoms with van der Waals surface area (Å²) >= 11 is 1.16. The van der Waals surface area contributed by atoms with Gasteiger partial charge in [-0.2, -0.15) is 18.4 Å². The van der Waals surface area contributed by atoms with Crippen LogP contribution in [0.2, 0.25) is 0 Å². The Morgan fingerprint density at radius 3 is 2.45 bits per heavy atom. The highest BCUT2D eigenvalue weighted by Gasteiger charge is 2.35. The summed E-state index contributed by atoms with van der Waals surface area (Å²) in [5.74, 6) is -1.28. The summed E-state index contributed by atoms with van der Waals surface area (Å²) in [7, 11) is 2.57. The molecule has 214 valence electrons. The molecule has 4 aromatic heterocycles. The van der Waals surface area contributed by atoms with Gasteiger partial charge in [-0.25, -0.2) is 15.0 Å². The summed E-state index contributed by atoms with van der Waals surface area (Å²) in [6.45, 7) is 1.97. The fourth-order valence-electron chi connectivity index (χ4n) is 4.32. The highest BCUT2D eigenvalue weighted by Crippen LogP contribution is 2.36. The molecule has 5 heterocycles. The molecule has 0 aliphatic carbocycles. The topological polar surface area (TPSA) is 143 Å². The molecule has 0 unspecified atom stereocenters. The number of alkyl halides is 3. The second-order valence-corrected chi connectivity index (χ2v) is 10.1. The highest BCUT2D eigenvalue weighted by atomic mass is 32.1. The Kier molecular flexibility index (Phi) is 7.48. The first-order chi connectivity index (χ1) is 20.0. The Bertz CT molecular complexity index is 1740. The molecule has 1 N–H and O–H groups in total. The highest BCUT2D eigenvalue weighted by molar-refractivity contribution is 7.16. The van der Waals surface area contributed by atoms with Crippen LogP contribution in [0.1, 0.15) is 48.2 Å². The maximum Gasteiger partial charge on any atom is 0.433 e. The van der Waals surface area contributed by atoms with Crippen LogP contribution in [0.5, 0.6) is 11.8 Å². The van der Waals surface area contributed by atoms with Gasteiger partial charge in [0, 0.05) is 29.2 Å². The summed E-state index contributed by atoms with van der Waals surface area (Å²) in [4.78, 5) is 44.8. The van der Waals surface area contributed by atoms with Crippen LogP contribution in [-0.2, 0) is 19.3 Å². The number of pyridine rings is 3. The molecule has 0 saturated carbocycles. The molecule has 15 heteroatoms. The minimum atomic E-state index is -4.68. The fourth-order valence-corrected chi connectivity index (χ4v) is 5.30. The number of hydrogen-bond acceptors (Lipinski definition) is 10. The Morgan fingerprint density at radius 1 is 1.02 bits per heavy atom. The van der Waals surface area contributed by atoms with Crippen molar-refractivity contribution in [1.29, 1.82) is 5.26 Å². The molecule has 0 atom stereocenters. The first-order valence-corrected chi connectivity index (χ1v) is 13.0. The first kappa shape index (κ1) is 28.4. The quantitative estimate of drug-likeness (QED) is 0.338. The van der Waals surface area contributed by atoms with Crippen molar-refractivity contribution in [2.45, 2.75) is 26.2 Å². The van der Waals surface area contributed by atoms with Crippen LogP contribution >= 0.6 is 11.3 Å². The lowest BCUT2D eigenvalue weighted by molar-refractivity contribution is -0.141. The van der Waals surface area contributed by atoms with E-state index in [1.807, 2.05) is 6.07 Å². The Morgan fingerprint density at radius 2 is 1.79 bits per heavy atom. The van der Waals surface area contributed by atoms with Crippen LogP contribution in [0.25, 0.3) is 11.1 Å². The lowest BCUT2D eigenvalue weighted by Gasteiger charge is -2.17. The van der Waals surface area contributed by atoms with Crippen LogP contribution < -0.4 is 14.8 Å². The molecular weight excluding hydrogens is 575 g/mol. The zero-order valence-corrected chi connectivity index (χ0v) is 23.1. The monoisotopic (exact) mass is 595 g/mol. The van der Waals surface area contributed by atoms with Crippen molar-refractivity contribution in [2.24, 2.45) is 0 Å². The maximum atomic E-state index is 13.4. The van der Waals surface area contributed by atoms with Gasteiger partial charge in [-0.05, 0) is 31.2 Å². The number of aromatic nitrogens is 4. The smallest absolute Gasteiger partial charge is 0.433 e. The Hall–Kier alpha value is -5.10. The first-order valence-electron chi connectivity index (χ1n) is 12.1.